The summed E-state index contributed by atoms with van der Waals surface area (Å²) >= 11 is 5.86. The lowest BCUT2D eigenvalue weighted by atomic mass is 10.1. The molecule has 2 aromatic rings. The number of nitrogens with one attached hydrogen (secondary N) is 1. The molecule has 3 nitrogen and oxygen atoms in total. The standard InChI is InChI=1S/C15H15ClN2O/c1-10(2)18-15(19)13-7-12(8-17-9-13)11-3-5-14(16)6-4-11/h3-10H,1-2H3,(H,18,19). The molecule has 0 fully saturated rings. The molecule has 0 aliphatic heterocycles. The van der Waals surface area contributed by atoms with E-state index in [1.165, 1.54) is 0 Å². The van der Waals surface area contributed by atoms with Crippen molar-refractivity contribution in [3.63, 3.8) is 0 Å². The number of hydrogen-bond acceptors (Lipinski definition) is 2. The van der Waals surface area contributed by atoms with Gasteiger partial charge in [0, 0.05) is 29.0 Å². The normalized spacial score (nSPS) is 10.5. The first-order valence-corrected chi connectivity index (χ1v) is 6.46. The second-order valence-corrected chi connectivity index (χ2v) is 5.03. The molecule has 0 unspecified atom stereocenters. The van der Waals surface area contributed by atoms with Crippen molar-refractivity contribution in [3.8, 4) is 11.1 Å². The Kier molecular flexibility index (Phi) is 4.17. The fourth-order valence-corrected chi connectivity index (χ4v) is 1.84. The molecule has 1 heterocycles. The molecule has 1 amide bonds. The van der Waals surface area contributed by atoms with Crippen molar-refractivity contribution in [2.24, 2.45) is 0 Å². The number of halogens is 1. The number of nitrogens with zero attached hydrogens (tertiary/aromatic N) is 1. The number of carbonyl (C=O) groups excluding carboxylic acids is 1. The Hall–Kier alpha value is -1.87. The Morgan fingerprint density at radius 2 is 1.84 bits per heavy atom. The van der Waals surface area contributed by atoms with Gasteiger partial charge < -0.3 is 5.32 Å². The fraction of sp³-hybridized carbons (Fsp3) is 0.200. The lowest BCUT2D eigenvalue weighted by Gasteiger charge is -2.09. The van der Waals surface area contributed by atoms with Crippen molar-refractivity contribution in [2.45, 2.75) is 19.9 Å². The van der Waals surface area contributed by atoms with Crippen LogP contribution in [0.3, 0.4) is 0 Å². The average Bonchev–Trinajstić information content (AvgIpc) is 2.39. The zero-order valence-corrected chi connectivity index (χ0v) is 11.6. The Labute approximate surface area is 117 Å². The van der Waals surface area contributed by atoms with Crippen LogP contribution < -0.4 is 5.32 Å². The number of rotatable bonds is 3. The van der Waals surface area contributed by atoms with Crippen molar-refractivity contribution >= 4 is 17.5 Å². The predicted octanol–water partition coefficient (Wildman–Crippen LogP) is 3.54. The van der Waals surface area contributed by atoms with Crippen LogP contribution in [0.25, 0.3) is 11.1 Å². The highest BCUT2D eigenvalue weighted by atomic mass is 35.5. The SMILES string of the molecule is CC(C)NC(=O)c1cncc(-c2ccc(Cl)cc2)c1. The highest BCUT2D eigenvalue weighted by Gasteiger charge is 2.08. The monoisotopic (exact) mass is 274 g/mol. The molecule has 0 spiro atoms. The molecular formula is C15H15ClN2O. The second-order valence-electron chi connectivity index (χ2n) is 4.60. The van der Waals surface area contributed by atoms with E-state index in [0.29, 0.717) is 10.6 Å². The van der Waals surface area contributed by atoms with Gasteiger partial charge in [0.2, 0.25) is 0 Å². The maximum atomic E-state index is 11.9. The average molecular weight is 275 g/mol. The highest BCUT2D eigenvalue weighted by molar-refractivity contribution is 6.30. The summed E-state index contributed by atoms with van der Waals surface area (Å²) in [7, 11) is 0. The van der Waals surface area contributed by atoms with Gasteiger partial charge in [-0.2, -0.15) is 0 Å². The molecule has 98 valence electrons. The molecule has 0 bridgehead atoms. The van der Waals surface area contributed by atoms with Crippen LogP contribution in [0.4, 0.5) is 0 Å². The Bertz CT molecular complexity index is 579. The number of hydrogen-bond donors (Lipinski definition) is 1. The minimum atomic E-state index is -0.113. The molecule has 1 N–H and O–H groups in total. The summed E-state index contributed by atoms with van der Waals surface area (Å²) in [6.07, 6.45) is 3.30. The topological polar surface area (TPSA) is 42.0 Å². The maximum Gasteiger partial charge on any atom is 0.253 e. The van der Waals surface area contributed by atoms with Gasteiger partial charge in [-0.15, -0.1) is 0 Å². The fourth-order valence-electron chi connectivity index (χ4n) is 1.71. The number of benzene rings is 1. The smallest absolute Gasteiger partial charge is 0.253 e. The number of aromatic nitrogens is 1. The molecule has 0 radical (unpaired) electrons. The summed E-state index contributed by atoms with van der Waals surface area (Å²) in [5.41, 5.74) is 2.44. The third-order valence-electron chi connectivity index (χ3n) is 2.60. The van der Waals surface area contributed by atoms with E-state index in [1.807, 2.05) is 44.2 Å². The minimum absolute atomic E-state index is 0.103. The van der Waals surface area contributed by atoms with Gasteiger partial charge in [-0.05, 0) is 37.6 Å². The molecule has 19 heavy (non-hydrogen) atoms. The molecule has 2 rings (SSSR count). The van der Waals surface area contributed by atoms with E-state index >= 15 is 0 Å². The van der Waals surface area contributed by atoms with Gasteiger partial charge >= 0.3 is 0 Å². The van der Waals surface area contributed by atoms with Crippen molar-refractivity contribution in [1.29, 1.82) is 0 Å². The van der Waals surface area contributed by atoms with Crippen molar-refractivity contribution in [1.82, 2.24) is 10.3 Å². The Morgan fingerprint density at radius 1 is 1.16 bits per heavy atom. The largest absolute Gasteiger partial charge is 0.350 e. The van der Waals surface area contributed by atoms with Crippen LogP contribution in [0.5, 0.6) is 0 Å². The molecule has 0 aliphatic carbocycles. The molecular weight excluding hydrogens is 260 g/mol. The van der Waals surface area contributed by atoms with Crippen molar-refractivity contribution in [2.75, 3.05) is 0 Å². The van der Waals surface area contributed by atoms with Crippen LogP contribution in [0.1, 0.15) is 24.2 Å². The van der Waals surface area contributed by atoms with E-state index in [2.05, 4.69) is 10.3 Å². The van der Waals surface area contributed by atoms with Crippen LogP contribution >= 0.6 is 11.6 Å². The Morgan fingerprint density at radius 3 is 2.47 bits per heavy atom. The number of carbonyl (C=O) groups is 1. The summed E-state index contributed by atoms with van der Waals surface area (Å²) < 4.78 is 0. The van der Waals surface area contributed by atoms with E-state index in [0.717, 1.165) is 11.1 Å². The zero-order valence-electron chi connectivity index (χ0n) is 10.9. The van der Waals surface area contributed by atoms with Crippen LogP contribution in [-0.2, 0) is 0 Å². The van der Waals surface area contributed by atoms with Gasteiger partial charge in [0.15, 0.2) is 0 Å². The van der Waals surface area contributed by atoms with Crippen LogP contribution in [0.2, 0.25) is 5.02 Å². The molecule has 0 saturated heterocycles. The second kappa shape index (κ2) is 5.85. The third-order valence-corrected chi connectivity index (χ3v) is 2.85. The molecule has 4 heteroatoms. The molecule has 0 atom stereocenters. The summed E-state index contributed by atoms with van der Waals surface area (Å²) in [6.45, 7) is 3.85. The Balaban J connectivity index is 2.29. The van der Waals surface area contributed by atoms with Crippen molar-refractivity contribution in [3.05, 3.63) is 53.3 Å². The van der Waals surface area contributed by atoms with Crippen LogP contribution in [-0.4, -0.2) is 16.9 Å². The lowest BCUT2D eigenvalue weighted by Crippen LogP contribution is -2.30. The number of amides is 1. The highest BCUT2D eigenvalue weighted by Crippen LogP contribution is 2.21. The van der Waals surface area contributed by atoms with Gasteiger partial charge in [-0.3, -0.25) is 9.78 Å². The van der Waals surface area contributed by atoms with E-state index in [1.54, 1.807) is 12.4 Å². The van der Waals surface area contributed by atoms with Crippen LogP contribution in [0.15, 0.2) is 42.7 Å². The van der Waals surface area contributed by atoms with E-state index in [9.17, 15) is 4.79 Å². The summed E-state index contributed by atoms with van der Waals surface area (Å²) in [6, 6.07) is 9.38. The first-order valence-electron chi connectivity index (χ1n) is 6.08. The van der Waals surface area contributed by atoms with E-state index in [-0.39, 0.29) is 11.9 Å². The van der Waals surface area contributed by atoms with Crippen LogP contribution in [0, 0.1) is 0 Å². The predicted molar refractivity (Wildman–Crippen MR) is 77.3 cm³/mol. The van der Waals surface area contributed by atoms with Gasteiger partial charge in [0.1, 0.15) is 0 Å². The summed E-state index contributed by atoms with van der Waals surface area (Å²) in [5, 5.41) is 3.53. The molecule has 1 aromatic heterocycles. The van der Waals surface area contributed by atoms with Gasteiger partial charge in [0.25, 0.3) is 5.91 Å². The molecule has 0 saturated carbocycles. The van der Waals surface area contributed by atoms with Gasteiger partial charge in [-0.25, -0.2) is 0 Å². The lowest BCUT2D eigenvalue weighted by molar-refractivity contribution is 0.0943. The maximum absolute atomic E-state index is 11.9. The third kappa shape index (κ3) is 3.55. The van der Waals surface area contributed by atoms with E-state index in [4.69, 9.17) is 11.6 Å². The quantitative estimate of drug-likeness (QED) is 0.930. The molecule has 0 aliphatic rings. The number of pyridine rings is 1. The first kappa shape index (κ1) is 13.6. The minimum Gasteiger partial charge on any atom is -0.350 e. The van der Waals surface area contributed by atoms with E-state index < -0.39 is 0 Å². The van der Waals surface area contributed by atoms with Crippen molar-refractivity contribution < 1.29 is 4.79 Å². The zero-order chi connectivity index (χ0) is 13.8. The summed E-state index contributed by atoms with van der Waals surface area (Å²) in [4.78, 5) is 16.0. The van der Waals surface area contributed by atoms with Gasteiger partial charge in [-0.1, -0.05) is 23.7 Å². The van der Waals surface area contributed by atoms with Gasteiger partial charge in [0.05, 0.1) is 5.56 Å². The first-order chi connectivity index (χ1) is 9.06. The summed E-state index contributed by atoms with van der Waals surface area (Å²) in [5.74, 6) is -0.113. The molecule has 1 aromatic carbocycles.